The Morgan fingerprint density at radius 2 is 2.11 bits per heavy atom. The predicted molar refractivity (Wildman–Crippen MR) is 68.7 cm³/mol. The van der Waals surface area contributed by atoms with Crippen molar-refractivity contribution in [2.75, 3.05) is 0 Å². The lowest BCUT2D eigenvalue weighted by Crippen LogP contribution is -2.39. The summed E-state index contributed by atoms with van der Waals surface area (Å²) in [5, 5.41) is 3.44. The zero-order valence-corrected chi connectivity index (χ0v) is 10.7. The number of benzene rings is 1. The fourth-order valence-corrected chi connectivity index (χ4v) is 2.55. The normalized spacial score (nSPS) is 17.9. The molecule has 3 N–H and O–H groups in total. The van der Waals surface area contributed by atoms with Crippen LogP contribution < -0.4 is 11.1 Å². The third-order valence-electron chi connectivity index (χ3n) is 3.32. The molecule has 98 valence electrons. The lowest BCUT2D eigenvalue weighted by Gasteiger charge is -2.21. The van der Waals surface area contributed by atoms with Gasteiger partial charge in [0, 0.05) is 16.6 Å². The van der Waals surface area contributed by atoms with E-state index in [1.54, 1.807) is 6.07 Å². The van der Waals surface area contributed by atoms with Crippen molar-refractivity contribution < 1.29 is 9.18 Å². The van der Waals surface area contributed by atoms with Crippen LogP contribution in [0.15, 0.2) is 18.2 Å². The van der Waals surface area contributed by atoms with Crippen LogP contribution in [-0.4, -0.2) is 11.9 Å². The third-order valence-corrected chi connectivity index (χ3v) is 3.55. The van der Waals surface area contributed by atoms with Crippen molar-refractivity contribution in [1.82, 2.24) is 5.32 Å². The van der Waals surface area contributed by atoms with E-state index >= 15 is 0 Å². The largest absolute Gasteiger partial charge is 0.368 e. The molecule has 0 heterocycles. The molecule has 1 saturated carbocycles. The Balaban J connectivity index is 2.20. The van der Waals surface area contributed by atoms with E-state index in [4.69, 9.17) is 17.3 Å². The van der Waals surface area contributed by atoms with Gasteiger partial charge in [0.2, 0.25) is 5.91 Å². The van der Waals surface area contributed by atoms with Crippen LogP contribution in [0.2, 0.25) is 5.02 Å². The van der Waals surface area contributed by atoms with Crippen LogP contribution in [0.25, 0.3) is 0 Å². The van der Waals surface area contributed by atoms with Gasteiger partial charge in [0.05, 0.1) is 0 Å². The van der Waals surface area contributed by atoms with E-state index in [9.17, 15) is 9.18 Å². The summed E-state index contributed by atoms with van der Waals surface area (Å²) < 4.78 is 13.8. The first-order valence-electron chi connectivity index (χ1n) is 6.08. The van der Waals surface area contributed by atoms with Crippen molar-refractivity contribution >= 4 is 17.5 Å². The topological polar surface area (TPSA) is 55.1 Å². The second-order valence-electron chi connectivity index (χ2n) is 4.65. The van der Waals surface area contributed by atoms with E-state index in [0.29, 0.717) is 5.02 Å². The number of carbonyl (C=O) groups excluding carboxylic acids is 1. The molecule has 1 aliphatic rings. The number of amides is 1. The Bertz CT molecular complexity index is 447. The molecular weight excluding hydrogens is 255 g/mol. The monoisotopic (exact) mass is 270 g/mol. The van der Waals surface area contributed by atoms with Gasteiger partial charge < -0.3 is 5.73 Å². The fraction of sp³-hybridized carbons (Fsp3) is 0.462. The van der Waals surface area contributed by atoms with E-state index < -0.39 is 17.8 Å². The second-order valence-corrected chi connectivity index (χ2v) is 5.09. The number of nitrogens with one attached hydrogen (secondary N) is 1. The summed E-state index contributed by atoms with van der Waals surface area (Å²) in [6.07, 6.45) is 4.26. The number of hydrogen-bond acceptors (Lipinski definition) is 2. The SMILES string of the molecule is NC(=O)C(NC1CCCC1)c1ccc(Cl)cc1F. The zero-order valence-electron chi connectivity index (χ0n) is 9.96. The standard InChI is InChI=1S/C13H16ClFN2O/c14-8-5-6-10(11(15)7-8)12(13(16)18)17-9-3-1-2-4-9/h5-7,9,12,17H,1-4H2,(H2,16,18). The van der Waals surface area contributed by atoms with Crippen molar-refractivity contribution in [3.8, 4) is 0 Å². The van der Waals surface area contributed by atoms with Gasteiger partial charge in [0.15, 0.2) is 0 Å². The Morgan fingerprint density at radius 1 is 1.44 bits per heavy atom. The molecule has 18 heavy (non-hydrogen) atoms. The minimum atomic E-state index is -0.787. The van der Waals surface area contributed by atoms with Crippen LogP contribution in [0.3, 0.4) is 0 Å². The zero-order chi connectivity index (χ0) is 13.1. The minimum absolute atomic E-state index is 0.234. The molecule has 1 atom stereocenters. The first-order valence-corrected chi connectivity index (χ1v) is 6.46. The van der Waals surface area contributed by atoms with Crippen molar-refractivity contribution in [2.24, 2.45) is 5.73 Å². The molecule has 1 amide bonds. The summed E-state index contributed by atoms with van der Waals surface area (Å²) >= 11 is 5.69. The Morgan fingerprint density at radius 3 is 2.67 bits per heavy atom. The highest BCUT2D eigenvalue weighted by atomic mass is 35.5. The van der Waals surface area contributed by atoms with Gasteiger partial charge in [-0.2, -0.15) is 0 Å². The lowest BCUT2D eigenvalue weighted by molar-refractivity contribution is -0.120. The highest BCUT2D eigenvalue weighted by molar-refractivity contribution is 6.30. The van der Waals surface area contributed by atoms with Crippen LogP contribution in [0.5, 0.6) is 0 Å². The van der Waals surface area contributed by atoms with Crippen molar-refractivity contribution in [3.63, 3.8) is 0 Å². The average molecular weight is 271 g/mol. The molecule has 0 radical (unpaired) electrons. The maximum atomic E-state index is 13.8. The minimum Gasteiger partial charge on any atom is -0.368 e. The van der Waals surface area contributed by atoms with Gasteiger partial charge in [0.25, 0.3) is 0 Å². The number of rotatable bonds is 4. The van der Waals surface area contributed by atoms with E-state index in [0.717, 1.165) is 25.7 Å². The summed E-state index contributed by atoms with van der Waals surface area (Å²) in [6.45, 7) is 0. The molecule has 1 aromatic carbocycles. The molecule has 0 bridgehead atoms. The highest BCUT2D eigenvalue weighted by Crippen LogP contribution is 2.25. The van der Waals surface area contributed by atoms with E-state index in [1.807, 2.05) is 0 Å². The van der Waals surface area contributed by atoms with Gasteiger partial charge in [-0.05, 0) is 25.0 Å². The highest BCUT2D eigenvalue weighted by Gasteiger charge is 2.26. The Kier molecular flexibility index (Phi) is 4.19. The van der Waals surface area contributed by atoms with Crippen LogP contribution in [0, 0.1) is 5.82 Å². The summed E-state index contributed by atoms with van der Waals surface area (Å²) in [4.78, 5) is 11.5. The van der Waals surface area contributed by atoms with Gasteiger partial charge in [-0.1, -0.05) is 30.5 Å². The molecule has 3 nitrogen and oxygen atoms in total. The number of nitrogens with two attached hydrogens (primary N) is 1. The fourth-order valence-electron chi connectivity index (χ4n) is 2.39. The van der Waals surface area contributed by atoms with Crippen LogP contribution in [0.4, 0.5) is 4.39 Å². The number of primary amides is 1. The van der Waals surface area contributed by atoms with E-state index in [1.165, 1.54) is 12.1 Å². The van der Waals surface area contributed by atoms with Gasteiger partial charge >= 0.3 is 0 Å². The second kappa shape index (κ2) is 5.67. The van der Waals surface area contributed by atoms with E-state index in [2.05, 4.69) is 5.32 Å². The van der Waals surface area contributed by atoms with Gasteiger partial charge in [-0.15, -0.1) is 0 Å². The first kappa shape index (κ1) is 13.3. The van der Waals surface area contributed by atoms with Crippen molar-refractivity contribution in [3.05, 3.63) is 34.6 Å². The van der Waals surface area contributed by atoms with Gasteiger partial charge in [-0.25, -0.2) is 4.39 Å². The Labute approximate surface area is 111 Å². The smallest absolute Gasteiger partial charge is 0.239 e. The van der Waals surface area contributed by atoms with Crippen molar-refractivity contribution in [1.29, 1.82) is 0 Å². The molecular formula is C13H16ClFN2O. The predicted octanol–water partition coefficient (Wildman–Crippen LogP) is 2.54. The maximum absolute atomic E-state index is 13.8. The molecule has 1 unspecified atom stereocenters. The summed E-state index contributed by atoms with van der Waals surface area (Å²) in [5.41, 5.74) is 5.62. The van der Waals surface area contributed by atoms with Gasteiger partial charge in [0.1, 0.15) is 11.9 Å². The molecule has 0 spiro atoms. The molecule has 0 saturated heterocycles. The quantitative estimate of drug-likeness (QED) is 0.883. The van der Waals surface area contributed by atoms with Gasteiger partial charge in [-0.3, -0.25) is 10.1 Å². The molecule has 0 aliphatic heterocycles. The molecule has 1 fully saturated rings. The van der Waals surface area contributed by atoms with Crippen LogP contribution in [-0.2, 0) is 4.79 Å². The first-order chi connectivity index (χ1) is 8.58. The molecule has 0 aromatic heterocycles. The third kappa shape index (κ3) is 3.00. The lowest BCUT2D eigenvalue weighted by atomic mass is 10.0. The Hall–Kier alpha value is -1.13. The molecule has 2 rings (SSSR count). The summed E-state index contributed by atoms with van der Waals surface area (Å²) in [7, 11) is 0. The molecule has 5 heteroatoms. The van der Waals surface area contributed by atoms with Crippen LogP contribution in [0.1, 0.15) is 37.3 Å². The number of carbonyl (C=O) groups is 1. The molecule has 1 aliphatic carbocycles. The number of hydrogen-bond donors (Lipinski definition) is 2. The molecule has 1 aromatic rings. The summed E-state index contributed by atoms with van der Waals surface area (Å²) in [6, 6.07) is 3.72. The maximum Gasteiger partial charge on any atom is 0.239 e. The van der Waals surface area contributed by atoms with Crippen LogP contribution >= 0.6 is 11.6 Å². The van der Waals surface area contributed by atoms with Crippen molar-refractivity contribution in [2.45, 2.75) is 37.8 Å². The summed E-state index contributed by atoms with van der Waals surface area (Å²) in [5.74, 6) is -1.07. The average Bonchev–Trinajstić information content (AvgIpc) is 2.79. The number of halogens is 2. The van der Waals surface area contributed by atoms with E-state index in [-0.39, 0.29) is 11.6 Å².